The smallest absolute Gasteiger partial charge is 0.225 e. The van der Waals surface area contributed by atoms with Gasteiger partial charge in [-0.05, 0) is 44.8 Å². The highest BCUT2D eigenvalue weighted by Crippen LogP contribution is 2.19. The zero-order valence-corrected chi connectivity index (χ0v) is 13.6. The summed E-state index contributed by atoms with van der Waals surface area (Å²) in [6.45, 7) is 7.97. The molecular formula is C16H23N7. The lowest BCUT2D eigenvalue weighted by molar-refractivity contribution is 0.315. The summed E-state index contributed by atoms with van der Waals surface area (Å²) < 4.78 is 2.30. The molecule has 0 radical (unpaired) electrons. The second kappa shape index (κ2) is 6.23. The molecule has 4 heterocycles. The van der Waals surface area contributed by atoms with E-state index < -0.39 is 0 Å². The fraction of sp³-hybridized carbons (Fsp3) is 0.625. The first kappa shape index (κ1) is 14.6. The number of aryl methyl sites for hydroxylation is 1. The zero-order valence-electron chi connectivity index (χ0n) is 13.6. The third kappa shape index (κ3) is 3.06. The van der Waals surface area contributed by atoms with E-state index in [0.29, 0.717) is 0 Å². The summed E-state index contributed by atoms with van der Waals surface area (Å²) >= 11 is 0. The van der Waals surface area contributed by atoms with Gasteiger partial charge in [0.1, 0.15) is 5.82 Å². The summed E-state index contributed by atoms with van der Waals surface area (Å²) in [5, 5.41) is 8.89. The van der Waals surface area contributed by atoms with Crippen LogP contribution in [0.2, 0.25) is 0 Å². The predicted octanol–water partition coefficient (Wildman–Crippen LogP) is 1.38. The van der Waals surface area contributed by atoms with Crippen molar-refractivity contribution in [2.45, 2.75) is 45.8 Å². The highest BCUT2D eigenvalue weighted by Gasteiger charge is 2.22. The Morgan fingerprint density at radius 3 is 2.52 bits per heavy atom. The van der Waals surface area contributed by atoms with Crippen LogP contribution in [0, 0.1) is 6.92 Å². The molecule has 0 saturated carbocycles. The molecule has 0 atom stereocenters. The third-order valence-electron chi connectivity index (χ3n) is 4.66. The van der Waals surface area contributed by atoms with Crippen LogP contribution in [-0.4, -0.2) is 49.3 Å². The minimum Gasteiger partial charge on any atom is -0.333 e. The first-order valence-corrected chi connectivity index (χ1v) is 8.46. The molecule has 2 aromatic rings. The fourth-order valence-corrected chi connectivity index (χ4v) is 3.39. The Hall–Kier alpha value is -2.02. The molecule has 0 aromatic carbocycles. The third-order valence-corrected chi connectivity index (χ3v) is 4.66. The summed E-state index contributed by atoms with van der Waals surface area (Å²) in [6.07, 6.45) is 7.42. The number of fused-ring (bicyclic) bond motifs is 1. The number of likely N-dealkylation sites (tertiary alicyclic amines) is 1. The normalized spacial score (nSPS) is 18.9. The van der Waals surface area contributed by atoms with Crippen LogP contribution in [0.1, 0.15) is 36.5 Å². The van der Waals surface area contributed by atoms with Crippen LogP contribution < -0.4 is 4.90 Å². The van der Waals surface area contributed by atoms with Crippen molar-refractivity contribution in [1.29, 1.82) is 0 Å². The Bertz CT molecular complexity index is 658. The van der Waals surface area contributed by atoms with Gasteiger partial charge in [-0.3, -0.25) is 4.90 Å². The van der Waals surface area contributed by atoms with Crippen molar-refractivity contribution in [2.24, 2.45) is 0 Å². The van der Waals surface area contributed by atoms with E-state index in [1.54, 1.807) is 0 Å². The van der Waals surface area contributed by atoms with Crippen LogP contribution in [0.4, 0.5) is 5.95 Å². The van der Waals surface area contributed by atoms with Crippen molar-refractivity contribution in [1.82, 2.24) is 29.6 Å². The number of hydrogen-bond acceptors (Lipinski definition) is 6. The van der Waals surface area contributed by atoms with Gasteiger partial charge >= 0.3 is 0 Å². The van der Waals surface area contributed by atoms with Crippen LogP contribution in [0.15, 0.2) is 12.4 Å². The monoisotopic (exact) mass is 313 g/mol. The van der Waals surface area contributed by atoms with E-state index in [1.807, 2.05) is 19.3 Å². The maximum absolute atomic E-state index is 4.46. The van der Waals surface area contributed by atoms with Gasteiger partial charge in [-0.1, -0.05) is 0 Å². The highest BCUT2D eigenvalue weighted by atomic mass is 15.4. The summed E-state index contributed by atoms with van der Waals surface area (Å²) in [5.74, 6) is 2.92. The summed E-state index contributed by atoms with van der Waals surface area (Å²) in [4.78, 5) is 13.6. The number of rotatable bonds is 3. The molecule has 122 valence electrons. The van der Waals surface area contributed by atoms with E-state index in [9.17, 15) is 0 Å². The number of anilines is 1. The second-order valence-electron chi connectivity index (χ2n) is 6.50. The minimum absolute atomic E-state index is 0.732. The molecular weight excluding hydrogens is 290 g/mol. The standard InChI is InChI=1S/C16H23N7/c1-13-9-17-16(18-10-13)22-7-4-8-23-14(19-20-15(23)12-22)11-21-5-2-3-6-21/h9-10H,2-8,11-12H2,1H3. The average molecular weight is 313 g/mol. The van der Waals surface area contributed by atoms with E-state index in [4.69, 9.17) is 0 Å². The molecule has 0 aliphatic carbocycles. The van der Waals surface area contributed by atoms with Gasteiger partial charge in [0, 0.05) is 25.5 Å². The predicted molar refractivity (Wildman–Crippen MR) is 87.0 cm³/mol. The Morgan fingerprint density at radius 1 is 0.957 bits per heavy atom. The number of nitrogens with zero attached hydrogens (tertiary/aromatic N) is 7. The van der Waals surface area contributed by atoms with Gasteiger partial charge in [0.15, 0.2) is 5.82 Å². The molecule has 0 spiro atoms. The van der Waals surface area contributed by atoms with Crippen molar-refractivity contribution in [2.75, 3.05) is 24.5 Å². The topological polar surface area (TPSA) is 63.0 Å². The van der Waals surface area contributed by atoms with Crippen LogP contribution >= 0.6 is 0 Å². The molecule has 2 aliphatic rings. The molecule has 1 saturated heterocycles. The number of hydrogen-bond donors (Lipinski definition) is 0. The largest absolute Gasteiger partial charge is 0.333 e. The van der Waals surface area contributed by atoms with Gasteiger partial charge < -0.3 is 9.47 Å². The Labute approximate surface area is 136 Å². The van der Waals surface area contributed by atoms with Crippen molar-refractivity contribution < 1.29 is 0 Å². The fourth-order valence-electron chi connectivity index (χ4n) is 3.39. The molecule has 2 aromatic heterocycles. The van der Waals surface area contributed by atoms with Crippen molar-refractivity contribution in [3.8, 4) is 0 Å². The molecule has 7 nitrogen and oxygen atoms in total. The van der Waals surface area contributed by atoms with E-state index in [1.165, 1.54) is 25.9 Å². The Morgan fingerprint density at radius 2 is 1.74 bits per heavy atom. The first-order valence-electron chi connectivity index (χ1n) is 8.46. The molecule has 1 fully saturated rings. The number of aromatic nitrogens is 5. The van der Waals surface area contributed by atoms with Crippen molar-refractivity contribution in [3.63, 3.8) is 0 Å². The van der Waals surface area contributed by atoms with Crippen molar-refractivity contribution in [3.05, 3.63) is 29.6 Å². The maximum Gasteiger partial charge on any atom is 0.225 e. The van der Waals surface area contributed by atoms with Crippen LogP contribution in [0.5, 0.6) is 0 Å². The quantitative estimate of drug-likeness (QED) is 0.853. The van der Waals surface area contributed by atoms with E-state index >= 15 is 0 Å². The van der Waals surface area contributed by atoms with Gasteiger partial charge in [0.2, 0.25) is 5.95 Å². The zero-order chi connectivity index (χ0) is 15.6. The van der Waals surface area contributed by atoms with E-state index in [0.717, 1.165) is 55.8 Å². The highest BCUT2D eigenvalue weighted by molar-refractivity contribution is 5.30. The van der Waals surface area contributed by atoms with Gasteiger partial charge in [-0.2, -0.15) is 0 Å². The van der Waals surface area contributed by atoms with Crippen LogP contribution in [0.3, 0.4) is 0 Å². The van der Waals surface area contributed by atoms with Crippen LogP contribution in [-0.2, 0) is 19.6 Å². The Balaban J connectivity index is 1.53. The van der Waals surface area contributed by atoms with Gasteiger partial charge in [-0.15, -0.1) is 10.2 Å². The van der Waals surface area contributed by atoms with E-state index in [-0.39, 0.29) is 0 Å². The molecule has 0 unspecified atom stereocenters. The lowest BCUT2D eigenvalue weighted by atomic mass is 10.4. The summed E-state index contributed by atoms with van der Waals surface area (Å²) in [7, 11) is 0. The average Bonchev–Trinajstić information content (AvgIpc) is 3.14. The van der Waals surface area contributed by atoms with Crippen LogP contribution in [0.25, 0.3) is 0 Å². The molecule has 4 rings (SSSR count). The lowest BCUT2D eigenvalue weighted by Crippen LogP contribution is -2.25. The maximum atomic E-state index is 4.46. The molecule has 0 N–H and O–H groups in total. The Kier molecular flexibility index (Phi) is 3.95. The molecule has 0 amide bonds. The molecule has 2 aliphatic heterocycles. The summed E-state index contributed by atoms with van der Waals surface area (Å²) in [6, 6.07) is 0. The van der Waals surface area contributed by atoms with Gasteiger partial charge in [0.25, 0.3) is 0 Å². The second-order valence-corrected chi connectivity index (χ2v) is 6.50. The van der Waals surface area contributed by atoms with Gasteiger partial charge in [0.05, 0.1) is 13.1 Å². The molecule has 0 bridgehead atoms. The molecule has 7 heteroatoms. The van der Waals surface area contributed by atoms with Gasteiger partial charge in [-0.25, -0.2) is 9.97 Å². The summed E-state index contributed by atoms with van der Waals surface area (Å²) in [5.41, 5.74) is 1.08. The van der Waals surface area contributed by atoms with E-state index in [2.05, 4.69) is 34.5 Å². The SMILES string of the molecule is Cc1cnc(N2CCCn3c(CN4CCCC4)nnc3C2)nc1. The van der Waals surface area contributed by atoms with Crippen molar-refractivity contribution >= 4 is 5.95 Å². The molecule has 23 heavy (non-hydrogen) atoms. The minimum atomic E-state index is 0.732. The first-order chi connectivity index (χ1) is 11.3. The lowest BCUT2D eigenvalue weighted by Gasteiger charge is -2.18.